The number of likely N-dealkylation sites (tertiary alicyclic amines) is 1. The minimum Gasteiger partial charge on any atom is -0.369 e. The second kappa shape index (κ2) is 9.57. The van der Waals surface area contributed by atoms with Crippen LogP contribution in [0.15, 0.2) is 47.5 Å². The van der Waals surface area contributed by atoms with Crippen molar-refractivity contribution in [1.29, 1.82) is 0 Å². The minimum absolute atomic E-state index is 0.0618. The molecule has 30 heavy (non-hydrogen) atoms. The lowest BCUT2D eigenvalue weighted by atomic mass is 10.3. The molecule has 3 aromatic rings. The van der Waals surface area contributed by atoms with Gasteiger partial charge in [-0.15, -0.1) is 0 Å². The zero-order valence-electron chi connectivity index (χ0n) is 16.4. The van der Waals surface area contributed by atoms with Crippen LogP contribution >= 0.6 is 15.9 Å². The summed E-state index contributed by atoms with van der Waals surface area (Å²) in [5.41, 5.74) is 2.57. The number of carbonyl (C=O) groups excluding carboxylic acids is 1. The average molecular weight is 471 g/mol. The Bertz CT molecular complexity index is 988. The van der Waals surface area contributed by atoms with Gasteiger partial charge in [0, 0.05) is 55.5 Å². The third kappa shape index (κ3) is 5.26. The summed E-state index contributed by atoms with van der Waals surface area (Å²) in [6.45, 7) is 2.33. The van der Waals surface area contributed by atoms with Crippen LogP contribution in [0, 0.1) is 0 Å². The van der Waals surface area contributed by atoms with E-state index in [1.807, 2.05) is 29.2 Å². The standard InChI is InChI=1S/C20H23BrN8O/c21-17-12-24-19(28-18(17)23-7-6-16-11-22-13-25-16)26-14-4-3-5-15(10-14)27-20(30)29-8-1-2-9-29/h3-5,10-13H,1-2,6-9H2,(H,22,25)(H,27,30)(H2,23,24,26,28). The molecule has 2 amide bonds. The lowest BCUT2D eigenvalue weighted by Crippen LogP contribution is -2.32. The first-order valence-electron chi connectivity index (χ1n) is 9.84. The number of carbonyl (C=O) groups is 1. The van der Waals surface area contributed by atoms with E-state index in [4.69, 9.17) is 0 Å². The van der Waals surface area contributed by atoms with Gasteiger partial charge in [-0.2, -0.15) is 4.98 Å². The van der Waals surface area contributed by atoms with Crippen molar-refractivity contribution in [1.82, 2.24) is 24.8 Å². The van der Waals surface area contributed by atoms with Gasteiger partial charge in [0.15, 0.2) is 0 Å². The number of urea groups is 1. The van der Waals surface area contributed by atoms with Crippen molar-refractivity contribution < 1.29 is 4.79 Å². The minimum atomic E-state index is -0.0618. The van der Waals surface area contributed by atoms with E-state index in [1.165, 1.54) is 0 Å². The molecular weight excluding hydrogens is 448 g/mol. The van der Waals surface area contributed by atoms with Gasteiger partial charge in [0.2, 0.25) is 5.95 Å². The number of nitrogens with zero attached hydrogens (tertiary/aromatic N) is 4. The van der Waals surface area contributed by atoms with Crippen molar-refractivity contribution in [3.05, 3.63) is 53.2 Å². The molecule has 2 aromatic heterocycles. The molecule has 1 aliphatic heterocycles. The predicted octanol–water partition coefficient (Wildman–Crippen LogP) is 3.99. The monoisotopic (exact) mass is 470 g/mol. The Hall–Kier alpha value is -3.14. The molecule has 1 saturated heterocycles. The number of rotatable bonds is 7. The van der Waals surface area contributed by atoms with E-state index in [2.05, 4.69) is 51.8 Å². The number of nitrogens with one attached hydrogen (secondary N) is 4. The van der Waals surface area contributed by atoms with Crippen LogP contribution in [0.25, 0.3) is 0 Å². The Morgan fingerprint density at radius 1 is 1.20 bits per heavy atom. The fourth-order valence-corrected chi connectivity index (χ4v) is 3.55. The zero-order valence-corrected chi connectivity index (χ0v) is 17.9. The zero-order chi connectivity index (χ0) is 20.8. The van der Waals surface area contributed by atoms with E-state index in [9.17, 15) is 4.79 Å². The lowest BCUT2D eigenvalue weighted by Gasteiger charge is -2.16. The summed E-state index contributed by atoms with van der Waals surface area (Å²) in [4.78, 5) is 30.1. The van der Waals surface area contributed by atoms with Gasteiger partial charge in [-0.25, -0.2) is 14.8 Å². The first-order chi connectivity index (χ1) is 14.7. The molecule has 4 rings (SSSR count). The summed E-state index contributed by atoms with van der Waals surface area (Å²) in [7, 11) is 0. The van der Waals surface area contributed by atoms with Crippen molar-refractivity contribution in [2.45, 2.75) is 19.3 Å². The first-order valence-corrected chi connectivity index (χ1v) is 10.6. The molecule has 0 spiro atoms. The van der Waals surface area contributed by atoms with E-state index in [-0.39, 0.29) is 6.03 Å². The van der Waals surface area contributed by atoms with E-state index in [1.54, 1.807) is 18.7 Å². The molecule has 156 valence electrons. The van der Waals surface area contributed by atoms with Crippen LogP contribution in [0.1, 0.15) is 18.5 Å². The van der Waals surface area contributed by atoms with Crippen molar-refractivity contribution >= 4 is 45.1 Å². The summed E-state index contributed by atoms with van der Waals surface area (Å²) in [5.74, 6) is 1.16. The quantitative estimate of drug-likeness (QED) is 0.415. The van der Waals surface area contributed by atoms with E-state index in [0.717, 1.165) is 53.9 Å². The Balaban J connectivity index is 1.38. The number of hydrogen-bond donors (Lipinski definition) is 4. The Morgan fingerprint density at radius 3 is 2.83 bits per heavy atom. The topological polar surface area (TPSA) is 111 Å². The van der Waals surface area contributed by atoms with Crippen molar-refractivity contribution in [2.75, 3.05) is 35.6 Å². The first kappa shape index (κ1) is 20.1. The van der Waals surface area contributed by atoms with Crippen LogP contribution in [0.4, 0.5) is 27.9 Å². The van der Waals surface area contributed by atoms with Gasteiger partial charge in [0.05, 0.1) is 10.8 Å². The van der Waals surface area contributed by atoms with Gasteiger partial charge >= 0.3 is 6.03 Å². The molecule has 0 saturated carbocycles. The molecule has 0 aliphatic carbocycles. The van der Waals surface area contributed by atoms with Crippen LogP contribution < -0.4 is 16.0 Å². The number of hydrogen-bond acceptors (Lipinski definition) is 6. The summed E-state index contributed by atoms with van der Waals surface area (Å²) >= 11 is 3.48. The highest BCUT2D eigenvalue weighted by atomic mass is 79.9. The number of halogens is 1. The second-order valence-electron chi connectivity index (χ2n) is 6.97. The summed E-state index contributed by atoms with van der Waals surface area (Å²) in [5, 5.41) is 9.44. The maximum absolute atomic E-state index is 12.3. The maximum atomic E-state index is 12.3. The van der Waals surface area contributed by atoms with E-state index >= 15 is 0 Å². The third-order valence-electron chi connectivity index (χ3n) is 4.75. The number of amides is 2. The van der Waals surface area contributed by atoms with Gasteiger partial charge in [-0.3, -0.25) is 0 Å². The molecular formula is C20H23BrN8O. The number of imidazole rings is 1. The fraction of sp³-hybridized carbons (Fsp3) is 0.300. The number of benzene rings is 1. The number of aromatic nitrogens is 4. The second-order valence-corrected chi connectivity index (χ2v) is 7.83. The molecule has 4 N–H and O–H groups in total. The largest absolute Gasteiger partial charge is 0.369 e. The normalized spacial score (nSPS) is 13.3. The fourth-order valence-electron chi connectivity index (χ4n) is 3.21. The number of H-pyrrole nitrogens is 1. The Morgan fingerprint density at radius 2 is 2.03 bits per heavy atom. The van der Waals surface area contributed by atoms with Gasteiger partial charge in [-0.05, 0) is 47.0 Å². The summed E-state index contributed by atoms with van der Waals surface area (Å²) in [6, 6.07) is 7.45. The third-order valence-corrected chi connectivity index (χ3v) is 5.33. The predicted molar refractivity (Wildman–Crippen MR) is 120 cm³/mol. The molecule has 3 heterocycles. The highest BCUT2D eigenvalue weighted by Crippen LogP contribution is 2.23. The van der Waals surface area contributed by atoms with Crippen molar-refractivity contribution in [3.63, 3.8) is 0 Å². The maximum Gasteiger partial charge on any atom is 0.321 e. The lowest BCUT2D eigenvalue weighted by molar-refractivity contribution is 0.222. The summed E-state index contributed by atoms with van der Waals surface area (Å²) in [6.07, 6.45) is 8.10. The molecule has 0 radical (unpaired) electrons. The Kier molecular flexibility index (Phi) is 6.43. The smallest absolute Gasteiger partial charge is 0.321 e. The van der Waals surface area contributed by atoms with Crippen LogP contribution in [0.3, 0.4) is 0 Å². The van der Waals surface area contributed by atoms with Gasteiger partial charge < -0.3 is 25.8 Å². The van der Waals surface area contributed by atoms with E-state index in [0.29, 0.717) is 18.3 Å². The van der Waals surface area contributed by atoms with Crippen molar-refractivity contribution in [2.24, 2.45) is 0 Å². The van der Waals surface area contributed by atoms with Crippen LogP contribution in [-0.4, -0.2) is 50.5 Å². The van der Waals surface area contributed by atoms with Gasteiger partial charge in [0.1, 0.15) is 5.82 Å². The number of anilines is 4. The average Bonchev–Trinajstić information content (AvgIpc) is 3.45. The SMILES string of the molecule is O=C(Nc1cccc(Nc2ncc(Br)c(NCCc3cnc[nH]3)n2)c1)N1CCCC1. The summed E-state index contributed by atoms with van der Waals surface area (Å²) < 4.78 is 0.782. The molecule has 1 fully saturated rings. The molecule has 10 heteroatoms. The molecule has 0 unspecified atom stereocenters. The Labute approximate surface area is 182 Å². The van der Waals surface area contributed by atoms with Crippen LogP contribution in [-0.2, 0) is 6.42 Å². The molecule has 9 nitrogen and oxygen atoms in total. The molecule has 1 aromatic carbocycles. The molecule has 1 aliphatic rings. The highest BCUT2D eigenvalue weighted by molar-refractivity contribution is 9.10. The number of aromatic amines is 1. The van der Waals surface area contributed by atoms with E-state index < -0.39 is 0 Å². The highest BCUT2D eigenvalue weighted by Gasteiger charge is 2.17. The van der Waals surface area contributed by atoms with Crippen LogP contribution in [0.5, 0.6) is 0 Å². The van der Waals surface area contributed by atoms with Gasteiger partial charge in [-0.1, -0.05) is 6.07 Å². The van der Waals surface area contributed by atoms with Crippen molar-refractivity contribution in [3.8, 4) is 0 Å². The molecule has 0 bridgehead atoms. The molecule has 0 atom stereocenters. The van der Waals surface area contributed by atoms with Gasteiger partial charge in [0.25, 0.3) is 0 Å². The van der Waals surface area contributed by atoms with Crippen LogP contribution in [0.2, 0.25) is 0 Å².